The molecular formula is C37H67FO2. The van der Waals surface area contributed by atoms with E-state index in [-0.39, 0.29) is 0 Å². The molecule has 0 aromatic rings. The highest BCUT2D eigenvalue weighted by Gasteiger charge is 2.28. The molecular weight excluding hydrogens is 495 g/mol. The van der Waals surface area contributed by atoms with Crippen molar-refractivity contribution in [2.75, 3.05) is 0 Å². The van der Waals surface area contributed by atoms with Crippen LogP contribution < -0.4 is 0 Å². The fourth-order valence-electron chi connectivity index (χ4n) is 4.98. The van der Waals surface area contributed by atoms with Crippen LogP contribution in [0.25, 0.3) is 0 Å². The first-order chi connectivity index (χ1) is 19.7. The zero-order valence-electron chi connectivity index (χ0n) is 26.7. The second-order valence-corrected chi connectivity index (χ2v) is 11.7. The molecule has 0 amide bonds. The van der Waals surface area contributed by atoms with Gasteiger partial charge in [-0.05, 0) is 81.6 Å². The Morgan fingerprint density at radius 3 is 1.07 bits per heavy atom. The van der Waals surface area contributed by atoms with Crippen molar-refractivity contribution in [2.24, 2.45) is 0 Å². The third-order valence-corrected chi connectivity index (χ3v) is 7.68. The maximum absolute atomic E-state index is 13.1. The molecule has 0 aliphatic rings. The fourth-order valence-corrected chi connectivity index (χ4v) is 4.98. The van der Waals surface area contributed by atoms with Crippen LogP contribution in [0.15, 0.2) is 48.6 Å². The van der Waals surface area contributed by atoms with Gasteiger partial charge in [-0.15, -0.1) is 0 Å². The third-order valence-electron chi connectivity index (χ3n) is 7.68. The monoisotopic (exact) mass is 563 g/mol. The molecule has 0 radical (unpaired) electrons. The summed E-state index contributed by atoms with van der Waals surface area (Å²) in [6, 6.07) is 0. The van der Waals surface area contributed by atoms with Gasteiger partial charge in [0.25, 0.3) is 0 Å². The molecule has 0 saturated heterocycles. The Balaban J connectivity index is 3.55. The van der Waals surface area contributed by atoms with Crippen molar-refractivity contribution >= 4 is 0 Å². The Kier molecular flexibility index (Phi) is 31.4. The van der Waals surface area contributed by atoms with E-state index >= 15 is 0 Å². The van der Waals surface area contributed by atoms with Crippen LogP contribution in [-0.2, 0) is 4.94 Å². The first kappa shape index (κ1) is 38.8. The van der Waals surface area contributed by atoms with Crippen LogP contribution in [-0.4, -0.2) is 10.9 Å². The molecule has 0 saturated carbocycles. The van der Waals surface area contributed by atoms with Gasteiger partial charge in [0.05, 0.1) is 0 Å². The molecule has 3 heteroatoms. The maximum Gasteiger partial charge on any atom is 0.204 e. The van der Waals surface area contributed by atoms with Crippen molar-refractivity contribution in [2.45, 2.75) is 187 Å². The zero-order valence-corrected chi connectivity index (χ0v) is 26.7. The fraction of sp³-hybridized carbons (Fsp3) is 0.784. The van der Waals surface area contributed by atoms with Crippen LogP contribution >= 0.6 is 0 Å². The summed E-state index contributed by atoms with van der Waals surface area (Å²) in [4.78, 5) is 4.02. The molecule has 40 heavy (non-hydrogen) atoms. The average Bonchev–Trinajstić information content (AvgIpc) is 2.96. The van der Waals surface area contributed by atoms with Crippen molar-refractivity contribution < 1.29 is 14.6 Å². The van der Waals surface area contributed by atoms with Gasteiger partial charge >= 0.3 is 0 Å². The van der Waals surface area contributed by atoms with Gasteiger partial charge in [-0.25, -0.2) is 0 Å². The molecule has 0 aliphatic carbocycles. The van der Waals surface area contributed by atoms with Gasteiger partial charge in [0, 0.05) is 12.8 Å². The van der Waals surface area contributed by atoms with Crippen LogP contribution in [0.1, 0.15) is 181 Å². The Bertz CT molecular complexity index is 559. The first-order valence-electron chi connectivity index (χ1n) is 17.3. The SMILES string of the molecule is CCCCC/C=C\C/C=C\CCCCCCCCC(O)(CCCCCCCC/C=C\C/C=C\CCCCC)OF. The highest BCUT2D eigenvalue weighted by molar-refractivity contribution is 4.93. The lowest BCUT2D eigenvalue weighted by Gasteiger charge is -2.23. The van der Waals surface area contributed by atoms with Crippen molar-refractivity contribution in [1.29, 1.82) is 0 Å². The lowest BCUT2D eigenvalue weighted by Crippen LogP contribution is -2.29. The zero-order chi connectivity index (χ0) is 29.2. The predicted molar refractivity (Wildman–Crippen MR) is 175 cm³/mol. The minimum Gasteiger partial charge on any atom is -0.363 e. The molecule has 0 rings (SSSR count). The number of allylic oxidation sites excluding steroid dienone is 8. The third kappa shape index (κ3) is 29.8. The van der Waals surface area contributed by atoms with Crippen molar-refractivity contribution in [3.05, 3.63) is 48.6 Å². The molecule has 0 aliphatic heterocycles. The van der Waals surface area contributed by atoms with E-state index in [1.54, 1.807) is 0 Å². The van der Waals surface area contributed by atoms with E-state index in [0.29, 0.717) is 12.8 Å². The smallest absolute Gasteiger partial charge is 0.204 e. The van der Waals surface area contributed by atoms with Gasteiger partial charge in [0.2, 0.25) is 5.79 Å². The van der Waals surface area contributed by atoms with Crippen molar-refractivity contribution in [3.8, 4) is 0 Å². The molecule has 0 unspecified atom stereocenters. The summed E-state index contributed by atoms with van der Waals surface area (Å²) in [5, 5.41) is 10.4. The van der Waals surface area contributed by atoms with Gasteiger partial charge in [0.15, 0.2) is 0 Å². The lowest BCUT2D eigenvalue weighted by molar-refractivity contribution is -0.333. The van der Waals surface area contributed by atoms with Gasteiger partial charge < -0.3 is 5.11 Å². The quantitative estimate of drug-likeness (QED) is 0.0517. The number of aliphatic hydroxyl groups is 1. The van der Waals surface area contributed by atoms with Gasteiger partial charge in [-0.1, -0.05) is 140 Å². The summed E-state index contributed by atoms with van der Waals surface area (Å²) in [5.41, 5.74) is 0. The maximum atomic E-state index is 13.1. The van der Waals surface area contributed by atoms with Crippen LogP contribution in [0.2, 0.25) is 0 Å². The van der Waals surface area contributed by atoms with E-state index in [1.807, 2.05) is 0 Å². The second-order valence-electron chi connectivity index (χ2n) is 11.7. The largest absolute Gasteiger partial charge is 0.363 e. The molecule has 2 nitrogen and oxygen atoms in total. The molecule has 1 N–H and O–H groups in total. The number of rotatable bonds is 31. The molecule has 0 aromatic carbocycles. The van der Waals surface area contributed by atoms with Crippen LogP contribution in [0.5, 0.6) is 0 Å². The second kappa shape index (κ2) is 32.3. The lowest BCUT2D eigenvalue weighted by atomic mass is 9.99. The summed E-state index contributed by atoms with van der Waals surface area (Å²) in [5.74, 6) is -1.58. The number of halogens is 1. The van der Waals surface area contributed by atoms with Crippen molar-refractivity contribution in [3.63, 3.8) is 0 Å². The normalized spacial score (nSPS) is 12.8. The summed E-state index contributed by atoms with van der Waals surface area (Å²) in [7, 11) is 0. The Labute approximate surface area is 249 Å². The molecule has 0 atom stereocenters. The first-order valence-corrected chi connectivity index (χ1v) is 17.3. The average molecular weight is 563 g/mol. The molecule has 0 bridgehead atoms. The van der Waals surface area contributed by atoms with Gasteiger partial charge in [0.1, 0.15) is 0 Å². The van der Waals surface area contributed by atoms with E-state index in [4.69, 9.17) is 0 Å². The molecule has 0 spiro atoms. The standard InChI is InChI=1S/C37H67FO2/c1-3-5-7-9-11-13-15-17-19-21-23-25-27-29-31-33-35-37(39,40-38)36-34-32-30-28-26-24-22-20-18-16-14-12-10-8-6-4-2/h11-14,17-20,39H,3-10,15-16,21-36H2,1-2H3/b13-11-,14-12-,19-17-,20-18-. The molecule has 234 valence electrons. The predicted octanol–water partition coefficient (Wildman–Crippen LogP) is 13.0. The summed E-state index contributed by atoms with van der Waals surface area (Å²) in [6.45, 7) is 4.49. The summed E-state index contributed by atoms with van der Waals surface area (Å²) >= 11 is 0. The van der Waals surface area contributed by atoms with Crippen LogP contribution in [0, 0.1) is 0 Å². The molecule has 0 fully saturated rings. The highest BCUT2D eigenvalue weighted by Crippen LogP contribution is 2.25. The molecule has 0 heterocycles. The Morgan fingerprint density at radius 2 is 0.750 bits per heavy atom. The molecule has 0 aromatic heterocycles. The number of hydrogen-bond acceptors (Lipinski definition) is 2. The Hall–Kier alpha value is -1.19. The van der Waals surface area contributed by atoms with Gasteiger partial charge in [-0.3, -0.25) is 0 Å². The Morgan fingerprint density at radius 1 is 0.450 bits per heavy atom. The topological polar surface area (TPSA) is 29.5 Å². The van der Waals surface area contributed by atoms with Crippen LogP contribution in [0.4, 0.5) is 4.53 Å². The van der Waals surface area contributed by atoms with Gasteiger partial charge in [-0.2, -0.15) is 4.94 Å². The van der Waals surface area contributed by atoms with E-state index in [2.05, 4.69) is 67.4 Å². The minimum absolute atomic E-state index is 0.401. The minimum atomic E-state index is -1.58. The van der Waals surface area contributed by atoms with E-state index in [9.17, 15) is 9.63 Å². The van der Waals surface area contributed by atoms with Crippen LogP contribution in [0.3, 0.4) is 0 Å². The highest BCUT2D eigenvalue weighted by atomic mass is 19.3. The van der Waals surface area contributed by atoms with E-state index in [1.165, 1.54) is 89.9 Å². The van der Waals surface area contributed by atoms with E-state index < -0.39 is 5.79 Å². The summed E-state index contributed by atoms with van der Waals surface area (Å²) in [6.07, 6.45) is 47.3. The summed E-state index contributed by atoms with van der Waals surface area (Å²) < 4.78 is 13.1. The number of unbranched alkanes of at least 4 members (excludes halogenated alkanes) is 18. The van der Waals surface area contributed by atoms with Crippen molar-refractivity contribution in [1.82, 2.24) is 0 Å². The number of hydrogen-bond donors (Lipinski definition) is 1. The van der Waals surface area contributed by atoms with E-state index in [0.717, 1.165) is 64.2 Å².